The summed E-state index contributed by atoms with van der Waals surface area (Å²) in [6, 6.07) is 18.0. The average Bonchev–Trinajstić information content (AvgIpc) is 3.31. The van der Waals surface area contributed by atoms with Gasteiger partial charge < -0.3 is 13.6 Å². The van der Waals surface area contributed by atoms with Gasteiger partial charge >= 0.3 is 0 Å². The van der Waals surface area contributed by atoms with Crippen LogP contribution < -0.4 is 4.74 Å². The van der Waals surface area contributed by atoms with Crippen LogP contribution in [0, 0.1) is 6.92 Å². The normalized spacial score (nSPS) is 11.7. The number of oxazole rings is 1. The molecule has 2 heterocycles. The van der Waals surface area contributed by atoms with Gasteiger partial charge in [0.25, 0.3) is 0 Å². The monoisotopic (exact) mass is 359 g/mol. The summed E-state index contributed by atoms with van der Waals surface area (Å²) in [5, 5.41) is 0. The van der Waals surface area contributed by atoms with Gasteiger partial charge in [0, 0.05) is 5.56 Å². The number of carbonyl (C=O) groups excluding carboxylic acids is 1. The second-order valence-electron chi connectivity index (χ2n) is 6.05. The number of nitrogens with zero attached hydrogens (tertiary/aromatic N) is 1. The molecule has 0 aliphatic carbocycles. The lowest BCUT2D eigenvalue weighted by Crippen LogP contribution is -2.03. The minimum absolute atomic E-state index is 0.227. The predicted octanol–water partition coefficient (Wildman–Crippen LogP) is 5.16. The number of carbonyl (C=O) groups is 1. The van der Waals surface area contributed by atoms with Crippen molar-refractivity contribution >= 4 is 28.5 Å². The maximum Gasteiger partial charge on any atom is 0.231 e. The van der Waals surface area contributed by atoms with Gasteiger partial charge in [-0.2, -0.15) is 0 Å². The van der Waals surface area contributed by atoms with E-state index in [0.717, 1.165) is 5.76 Å². The van der Waals surface area contributed by atoms with E-state index in [1.54, 1.807) is 43.5 Å². The standard InChI is InChI=1S/C22H17NO4/c1-14-10-11-17(26-14)13-18(21(24)15-6-5-7-16(12-15)25-2)22-23-19-8-3-4-9-20(19)27-22/h3-13H,1-2H3/b18-13-. The second-order valence-corrected chi connectivity index (χ2v) is 6.05. The molecule has 27 heavy (non-hydrogen) atoms. The van der Waals surface area contributed by atoms with E-state index in [4.69, 9.17) is 13.6 Å². The highest BCUT2D eigenvalue weighted by atomic mass is 16.5. The van der Waals surface area contributed by atoms with Crippen molar-refractivity contribution in [3.63, 3.8) is 0 Å². The van der Waals surface area contributed by atoms with Gasteiger partial charge in [-0.05, 0) is 49.4 Å². The number of ketones is 1. The summed E-state index contributed by atoms with van der Waals surface area (Å²) < 4.78 is 16.7. The molecule has 0 atom stereocenters. The summed E-state index contributed by atoms with van der Waals surface area (Å²) in [7, 11) is 1.56. The van der Waals surface area contributed by atoms with Gasteiger partial charge in [0.1, 0.15) is 22.8 Å². The number of furan rings is 1. The van der Waals surface area contributed by atoms with Gasteiger partial charge in [0.15, 0.2) is 11.4 Å². The number of fused-ring (bicyclic) bond motifs is 1. The Morgan fingerprint density at radius 3 is 2.63 bits per heavy atom. The summed E-state index contributed by atoms with van der Waals surface area (Å²) in [5.41, 5.74) is 2.10. The molecule has 2 aromatic heterocycles. The van der Waals surface area contributed by atoms with Crippen molar-refractivity contribution in [3.05, 3.63) is 83.6 Å². The number of ether oxygens (including phenoxy) is 1. The highest BCUT2D eigenvalue weighted by molar-refractivity contribution is 6.31. The quantitative estimate of drug-likeness (QED) is 0.364. The van der Waals surface area contributed by atoms with Gasteiger partial charge in [0.2, 0.25) is 5.89 Å². The number of hydrogen-bond acceptors (Lipinski definition) is 5. The van der Waals surface area contributed by atoms with E-state index in [-0.39, 0.29) is 11.7 Å². The molecule has 0 fully saturated rings. The molecule has 0 spiro atoms. The molecule has 5 nitrogen and oxygen atoms in total. The van der Waals surface area contributed by atoms with Crippen molar-refractivity contribution in [1.82, 2.24) is 4.98 Å². The Labute approximate surface area is 155 Å². The van der Waals surface area contributed by atoms with E-state index in [2.05, 4.69) is 4.98 Å². The molecule has 0 saturated carbocycles. The van der Waals surface area contributed by atoms with Crippen molar-refractivity contribution in [2.75, 3.05) is 7.11 Å². The number of Topliss-reactive ketones (excluding diaryl/α,β-unsaturated/α-hetero) is 1. The number of allylic oxidation sites excluding steroid dienone is 1. The van der Waals surface area contributed by atoms with Crippen LogP contribution >= 0.6 is 0 Å². The minimum Gasteiger partial charge on any atom is -0.497 e. The molecule has 134 valence electrons. The van der Waals surface area contributed by atoms with E-state index in [1.165, 1.54) is 0 Å². The lowest BCUT2D eigenvalue weighted by Gasteiger charge is -2.05. The lowest BCUT2D eigenvalue weighted by atomic mass is 10.0. The highest BCUT2D eigenvalue weighted by Crippen LogP contribution is 2.27. The third kappa shape index (κ3) is 3.40. The molecule has 0 amide bonds. The number of hydrogen-bond donors (Lipinski definition) is 0. The molecule has 2 aromatic carbocycles. The third-order valence-corrected chi connectivity index (χ3v) is 4.15. The van der Waals surface area contributed by atoms with Crippen LogP contribution in [0.4, 0.5) is 0 Å². The average molecular weight is 359 g/mol. The zero-order valence-corrected chi connectivity index (χ0v) is 14.9. The van der Waals surface area contributed by atoms with E-state index in [1.807, 2.05) is 37.3 Å². The van der Waals surface area contributed by atoms with Crippen LogP contribution in [0.5, 0.6) is 5.75 Å². The molecule has 5 heteroatoms. The molecule has 0 aliphatic rings. The first-order valence-corrected chi connectivity index (χ1v) is 8.47. The molecule has 0 unspecified atom stereocenters. The largest absolute Gasteiger partial charge is 0.497 e. The van der Waals surface area contributed by atoms with Gasteiger partial charge in [-0.15, -0.1) is 0 Å². The first kappa shape index (κ1) is 16.8. The van der Waals surface area contributed by atoms with E-state index >= 15 is 0 Å². The third-order valence-electron chi connectivity index (χ3n) is 4.15. The molecule has 0 N–H and O–H groups in total. The number of methoxy groups -OCH3 is 1. The van der Waals surface area contributed by atoms with E-state index < -0.39 is 0 Å². The maximum atomic E-state index is 13.2. The Balaban J connectivity index is 1.84. The smallest absolute Gasteiger partial charge is 0.231 e. The summed E-state index contributed by atoms with van der Waals surface area (Å²) in [4.78, 5) is 17.7. The zero-order valence-electron chi connectivity index (χ0n) is 14.9. The number of aromatic nitrogens is 1. The molecule has 0 bridgehead atoms. The maximum absolute atomic E-state index is 13.2. The van der Waals surface area contributed by atoms with Crippen LogP contribution in [-0.2, 0) is 0 Å². The highest BCUT2D eigenvalue weighted by Gasteiger charge is 2.21. The van der Waals surface area contributed by atoms with Gasteiger partial charge in [-0.25, -0.2) is 4.98 Å². The molecule has 0 saturated heterocycles. The minimum atomic E-state index is -0.227. The number of benzene rings is 2. The predicted molar refractivity (Wildman–Crippen MR) is 103 cm³/mol. The summed E-state index contributed by atoms with van der Waals surface area (Å²) in [5.74, 6) is 1.94. The first-order chi connectivity index (χ1) is 13.1. The Kier molecular flexibility index (Phi) is 4.34. The van der Waals surface area contributed by atoms with Gasteiger partial charge in [-0.3, -0.25) is 4.79 Å². The first-order valence-electron chi connectivity index (χ1n) is 8.47. The zero-order chi connectivity index (χ0) is 18.8. The molecule has 4 rings (SSSR count). The SMILES string of the molecule is COc1cccc(C(=O)/C(=C/c2ccc(C)o2)c2nc3ccccc3o2)c1. The van der Waals surface area contributed by atoms with Crippen LogP contribution in [0.3, 0.4) is 0 Å². The van der Waals surface area contributed by atoms with Crippen LogP contribution in [-0.4, -0.2) is 17.9 Å². The molecular formula is C22H17NO4. The summed E-state index contributed by atoms with van der Waals surface area (Å²) in [6.07, 6.45) is 1.65. The molecule has 4 aromatic rings. The van der Waals surface area contributed by atoms with Crippen molar-refractivity contribution < 1.29 is 18.4 Å². The van der Waals surface area contributed by atoms with Crippen LogP contribution in [0.1, 0.15) is 27.8 Å². The fourth-order valence-corrected chi connectivity index (χ4v) is 2.80. The van der Waals surface area contributed by atoms with Crippen molar-refractivity contribution in [2.24, 2.45) is 0 Å². The Morgan fingerprint density at radius 2 is 1.89 bits per heavy atom. The fraction of sp³-hybridized carbons (Fsp3) is 0.0909. The number of rotatable bonds is 5. The Bertz CT molecular complexity index is 1120. The van der Waals surface area contributed by atoms with Crippen molar-refractivity contribution in [1.29, 1.82) is 0 Å². The summed E-state index contributed by atoms with van der Waals surface area (Å²) in [6.45, 7) is 1.85. The second kappa shape index (κ2) is 6.96. The van der Waals surface area contributed by atoms with Crippen molar-refractivity contribution in [3.8, 4) is 5.75 Å². The van der Waals surface area contributed by atoms with Gasteiger partial charge in [-0.1, -0.05) is 24.3 Å². The summed E-state index contributed by atoms with van der Waals surface area (Å²) >= 11 is 0. The molecular weight excluding hydrogens is 342 g/mol. The molecule has 0 aliphatic heterocycles. The van der Waals surface area contributed by atoms with Gasteiger partial charge in [0.05, 0.1) is 12.7 Å². The van der Waals surface area contributed by atoms with E-state index in [9.17, 15) is 4.79 Å². The van der Waals surface area contributed by atoms with Crippen LogP contribution in [0.15, 0.2) is 69.5 Å². The topological polar surface area (TPSA) is 65.5 Å². The van der Waals surface area contributed by atoms with E-state index in [0.29, 0.717) is 33.7 Å². The lowest BCUT2D eigenvalue weighted by molar-refractivity contribution is 0.105. The number of aryl methyl sites for hydroxylation is 1. The fourth-order valence-electron chi connectivity index (χ4n) is 2.80. The number of para-hydroxylation sites is 2. The van der Waals surface area contributed by atoms with Crippen LogP contribution in [0.25, 0.3) is 22.7 Å². The Morgan fingerprint density at radius 1 is 1.04 bits per heavy atom. The Hall–Kier alpha value is -3.60. The molecule has 0 radical (unpaired) electrons. The van der Waals surface area contributed by atoms with Crippen molar-refractivity contribution in [2.45, 2.75) is 6.92 Å². The van der Waals surface area contributed by atoms with Crippen LogP contribution in [0.2, 0.25) is 0 Å².